The van der Waals surface area contributed by atoms with Crippen LogP contribution in [0.5, 0.6) is 0 Å². The molecule has 3 amide bonds. The maximum Gasteiger partial charge on any atom is 0.323 e. The van der Waals surface area contributed by atoms with Gasteiger partial charge in [0.2, 0.25) is 15.9 Å². The summed E-state index contributed by atoms with van der Waals surface area (Å²) >= 11 is 7.66. The van der Waals surface area contributed by atoms with Gasteiger partial charge >= 0.3 is 6.03 Å². The van der Waals surface area contributed by atoms with Crippen molar-refractivity contribution < 1.29 is 18.0 Å². The number of hydrogen-bond acceptors (Lipinski definition) is 6. The number of aromatic nitrogens is 1. The molecule has 9 nitrogen and oxygen atoms in total. The number of halogens is 1. The molecule has 0 spiro atoms. The normalized spacial score (nSPS) is 11.3. The van der Waals surface area contributed by atoms with Crippen molar-refractivity contribution >= 4 is 55.7 Å². The van der Waals surface area contributed by atoms with Crippen LogP contribution in [0.25, 0.3) is 11.3 Å². The number of primary amides is 1. The van der Waals surface area contributed by atoms with Gasteiger partial charge in [0.1, 0.15) is 10.0 Å². The van der Waals surface area contributed by atoms with E-state index in [1.165, 1.54) is 0 Å². The topological polar surface area (TPSA) is 134 Å². The van der Waals surface area contributed by atoms with Gasteiger partial charge in [-0.1, -0.05) is 108 Å². The van der Waals surface area contributed by atoms with Crippen LogP contribution in [0.15, 0.2) is 109 Å². The Balaban J connectivity index is 1.39. The third kappa shape index (κ3) is 8.72. The summed E-state index contributed by atoms with van der Waals surface area (Å²) < 4.78 is 25.9. The number of thiazole rings is 1. The van der Waals surface area contributed by atoms with Crippen LogP contribution in [-0.4, -0.2) is 43.0 Å². The zero-order chi connectivity index (χ0) is 32.7. The largest absolute Gasteiger partial charge is 0.366 e. The lowest BCUT2D eigenvalue weighted by atomic mass is 9.88. The minimum atomic E-state index is -3.42. The molecule has 0 saturated carbocycles. The predicted octanol–water partition coefficient (Wildman–Crippen LogP) is 7.19. The minimum Gasteiger partial charge on any atom is -0.366 e. The molecule has 4 N–H and O–H groups in total. The highest BCUT2D eigenvalue weighted by molar-refractivity contribution is 7.92. The summed E-state index contributed by atoms with van der Waals surface area (Å²) in [7, 11) is -3.42. The van der Waals surface area contributed by atoms with E-state index >= 15 is 0 Å². The molecule has 12 heteroatoms. The molecule has 4 aromatic carbocycles. The predicted molar refractivity (Wildman–Crippen MR) is 185 cm³/mol. The molecule has 0 aliphatic rings. The second-order valence-electron chi connectivity index (χ2n) is 10.7. The van der Waals surface area contributed by atoms with E-state index in [2.05, 4.69) is 39.3 Å². The zero-order valence-electron chi connectivity index (χ0n) is 24.9. The van der Waals surface area contributed by atoms with Crippen LogP contribution in [0.1, 0.15) is 39.4 Å². The second-order valence-corrected chi connectivity index (χ2v) is 14.0. The van der Waals surface area contributed by atoms with Gasteiger partial charge in [-0.25, -0.2) is 18.2 Å². The molecular formula is C34H32ClN5O4S2. The van der Waals surface area contributed by atoms with Crippen LogP contribution in [0.3, 0.4) is 0 Å². The van der Waals surface area contributed by atoms with Gasteiger partial charge in [0.05, 0.1) is 6.26 Å². The fourth-order valence-corrected chi connectivity index (χ4v) is 6.73. The van der Waals surface area contributed by atoms with Gasteiger partial charge in [0, 0.05) is 35.8 Å². The summed E-state index contributed by atoms with van der Waals surface area (Å²) in [6.45, 7) is 0.617. The lowest BCUT2D eigenvalue weighted by Crippen LogP contribution is -2.36. The molecule has 0 saturated heterocycles. The number of carbonyl (C=O) groups excluding carboxylic acids is 2. The average Bonchev–Trinajstić information content (AvgIpc) is 3.40. The second kappa shape index (κ2) is 14.6. The van der Waals surface area contributed by atoms with Crippen molar-refractivity contribution in [1.82, 2.24) is 9.88 Å². The van der Waals surface area contributed by atoms with E-state index in [0.717, 1.165) is 34.3 Å². The lowest BCUT2D eigenvalue weighted by molar-refractivity contribution is 0.1000. The Labute approximate surface area is 277 Å². The first-order valence-corrected chi connectivity index (χ1v) is 17.4. The molecule has 0 fully saturated rings. The van der Waals surface area contributed by atoms with Crippen molar-refractivity contribution in [2.45, 2.75) is 18.9 Å². The van der Waals surface area contributed by atoms with E-state index in [9.17, 15) is 18.0 Å². The van der Waals surface area contributed by atoms with Crippen LogP contribution >= 0.6 is 22.9 Å². The van der Waals surface area contributed by atoms with Gasteiger partial charge in [-0.05, 0) is 47.4 Å². The van der Waals surface area contributed by atoms with E-state index in [1.54, 1.807) is 47.4 Å². The van der Waals surface area contributed by atoms with Crippen molar-refractivity contribution in [3.05, 3.63) is 136 Å². The van der Waals surface area contributed by atoms with E-state index in [-0.39, 0.29) is 18.5 Å². The van der Waals surface area contributed by atoms with Crippen LogP contribution in [-0.2, 0) is 16.6 Å². The van der Waals surface area contributed by atoms with E-state index in [4.69, 9.17) is 17.3 Å². The molecule has 0 bridgehead atoms. The Hall–Kier alpha value is -4.71. The number of nitrogens with two attached hydrogens (primary N) is 1. The summed E-state index contributed by atoms with van der Waals surface area (Å²) in [5.41, 5.74) is 10.4. The third-order valence-electron chi connectivity index (χ3n) is 7.22. The molecule has 236 valence electrons. The molecular weight excluding hydrogens is 642 g/mol. The number of benzene rings is 4. The van der Waals surface area contributed by atoms with Crippen LogP contribution in [0, 0.1) is 0 Å². The number of nitrogens with one attached hydrogen (secondary N) is 2. The van der Waals surface area contributed by atoms with Gasteiger partial charge in [-0.2, -0.15) is 0 Å². The third-order valence-corrected chi connectivity index (χ3v) is 9.00. The molecule has 0 atom stereocenters. The summed E-state index contributed by atoms with van der Waals surface area (Å²) in [6, 6.07) is 33.5. The van der Waals surface area contributed by atoms with Gasteiger partial charge in [0.25, 0.3) is 0 Å². The van der Waals surface area contributed by atoms with Crippen LogP contribution < -0.4 is 15.8 Å². The molecule has 5 aromatic rings. The first-order chi connectivity index (χ1) is 22.1. The fraction of sp³-hybridized carbons (Fsp3) is 0.147. The zero-order valence-corrected chi connectivity index (χ0v) is 27.3. The van der Waals surface area contributed by atoms with Crippen molar-refractivity contribution in [2.24, 2.45) is 5.73 Å². The number of urea groups is 1. The lowest BCUT2D eigenvalue weighted by Gasteiger charge is -2.26. The summed E-state index contributed by atoms with van der Waals surface area (Å²) in [6.07, 6.45) is 1.71. The van der Waals surface area contributed by atoms with Gasteiger partial charge < -0.3 is 10.6 Å². The Morgan fingerprint density at radius 3 is 2.13 bits per heavy atom. The Morgan fingerprint density at radius 2 is 1.54 bits per heavy atom. The fourth-order valence-electron chi connectivity index (χ4n) is 5.09. The monoisotopic (exact) mass is 673 g/mol. The molecule has 5 rings (SSSR count). The van der Waals surface area contributed by atoms with E-state index in [0.29, 0.717) is 44.9 Å². The number of hydrogen-bond donors (Lipinski definition) is 3. The summed E-state index contributed by atoms with van der Waals surface area (Å²) in [5.74, 6) is -0.508. The molecule has 1 heterocycles. The minimum absolute atomic E-state index is 0.0377. The highest BCUT2D eigenvalue weighted by Gasteiger charge is 2.22. The van der Waals surface area contributed by atoms with Crippen molar-refractivity contribution in [3.8, 4) is 11.3 Å². The SMILES string of the molecule is CS(=O)(=O)Nc1ccc(-c2nc(NC(=O)N(CCC(c3ccccc3)c3ccccc3)Cc3cccc(C(N)=O)c3)sc2Cl)cc1. The number of rotatable bonds is 12. The quantitative estimate of drug-likeness (QED) is 0.129. The van der Waals surface area contributed by atoms with Crippen molar-refractivity contribution in [1.29, 1.82) is 0 Å². The molecule has 0 radical (unpaired) electrons. The number of sulfonamides is 1. The Kier molecular flexibility index (Phi) is 10.4. The van der Waals surface area contributed by atoms with Gasteiger partial charge in [-0.3, -0.25) is 14.8 Å². The summed E-state index contributed by atoms with van der Waals surface area (Å²) in [4.78, 5) is 31.9. The Bertz CT molecular complexity index is 1880. The molecule has 46 heavy (non-hydrogen) atoms. The molecule has 0 aliphatic carbocycles. The molecule has 1 aromatic heterocycles. The number of nitrogens with zero attached hydrogens (tertiary/aromatic N) is 2. The standard InChI is InChI=1S/C34H32ClN5O4S2/c1-46(43,44)39-28-17-15-26(16-18-28)30-31(35)45-33(37-30)38-34(42)40(22-23-9-8-14-27(21-23)32(36)41)20-19-29(24-10-4-2-5-11-24)25-12-6-3-7-13-25/h2-18,21,29,39H,19-20,22H2,1H3,(H2,36,41)(H,37,38,42). The first-order valence-electron chi connectivity index (χ1n) is 14.3. The molecule has 0 aliphatic heterocycles. The van der Waals surface area contributed by atoms with Crippen molar-refractivity contribution in [2.75, 3.05) is 22.8 Å². The maximum absolute atomic E-state index is 13.8. The number of anilines is 2. The highest BCUT2D eigenvalue weighted by atomic mass is 35.5. The smallest absolute Gasteiger partial charge is 0.323 e. The number of carbonyl (C=O) groups is 2. The van der Waals surface area contributed by atoms with E-state index < -0.39 is 15.9 Å². The van der Waals surface area contributed by atoms with Gasteiger partial charge in [0.15, 0.2) is 5.13 Å². The first kappa shape index (κ1) is 32.7. The summed E-state index contributed by atoms with van der Waals surface area (Å²) in [5, 5.41) is 3.21. The van der Waals surface area contributed by atoms with Crippen molar-refractivity contribution in [3.63, 3.8) is 0 Å². The molecule has 0 unspecified atom stereocenters. The van der Waals surface area contributed by atoms with E-state index in [1.807, 2.05) is 42.5 Å². The number of amides is 3. The average molecular weight is 674 g/mol. The highest BCUT2D eigenvalue weighted by Crippen LogP contribution is 2.36. The maximum atomic E-state index is 13.8. The van der Waals surface area contributed by atoms with Gasteiger partial charge in [-0.15, -0.1) is 0 Å². The Morgan fingerprint density at radius 1 is 0.913 bits per heavy atom. The van der Waals surface area contributed by atoms with Crippen LogP contribution in [0.2, 0.25) is 4.34 Å². The van der Waals surface area contributed by atoms with Crippen LogP contribution in [0.4, 0.5) is 15.6 Å².